The molecule has 0 spiro atoms. The third kappa shape index (κ3) is 4.02. The van der Waals surface area contributed by atoms with Gasteiger partial charge in [0.25, 0.3) is 0 Å². The number of methoxy groups -OCH3 is 1. The van der Waals surface area contributed by atoms with Crippen LogP contribution in [0.1, 0.15) is 27.2 Å². The fourth-order valence-corrected chi connectivity index (χ4v) is 0.912. The molecule has 0 radical (unpaired) electrons. The first-order chi connectivity index (χ1) is 5.83. The standard InChI is InChI=1S/C9H12O.C2H6/c1-8-5-3-4-6-9(7-8)10-2;1-2/h3,5-7H,4H2,1-2H3;1-2H3. The van der Waals surface area contributed by atoms with Gasteiger partial charge in [-0.2, -0.15) is 0 Å². The highest BCUT2D eigenvalue weighted by Gasteiger charge is 1.93. The molecule has 1 nitrogen and oxygen atoms in total. The first-order valence-electron chi connectivity index (χ1n) is 4.42. The number of hydrogen-bond donors (Lipinski definition) is 0. The van der Waals surface area contributed by atoms with E-state index >= 15 is 0 Å². The largest absolute Gasteiger partial charge is 0.497 e. The van der Waals surface area contributed by atoms with Gasteiger partial charge in [0.2, 0.25) is 0 Å². The lowest BCUT2D eigenvalue weighted by Crippen LogP contribution is -1.80. The van der Waals surface area contributed by atoms with Crippen LogP contribution in [0.25, 0.3) is 0 Å². The molecule has 0 aromatic rings. The molecule has 0 N–H and O–H groups in total. The molecule has 12 heavy (non-hydrogen) atoms. The number of rotatable bonds is 1. The van der Waals surface area contributed by atoms with E-state index in [1.54, 1.807) is 7.11 Å². The highest BCUT2D eigenvalue weighted by molar-refractivity contribution is 5.28. The third-order valence-corrected chi connectivity index (χ3v) is 1.44. The molecule has 1 heteroatoms. The minimum absolute atomic E-state index is 0.961. The molecule has 0 heterocycles. The lowest BCUT2D eigenvalue weighted by Gasteiger charge is -1.97. The molecule has 0 atom stereocenters. The van der Waals surface area contributed by atoms with Crippen molar-refractivity contribution in [2.45, 2.75) is 27.2 Å². The van der Waals surface area contributed by atoms with Crippen molar-refractivity contribution in [2.24, 2.45) is 0 Å². The molecule has 0 bridgehead atoms. The van der Waals surface area contributed by atoms with Gasteiger partial charge in [0.05, 0.1) is 7.11 Å². The van der Waals surface area contributed by atoms with Crippen LogP contribution in [0.15, 0.2) is 35.6 Å². The van der Waals surface area contributed by atoms with Crippen molar-refractivity contribution < 1.29 is 4.74 Å². The average molecular weight is 166 g/mol. The fraction of sp³-hybridized carbons (Fsp3) is 0.455. The van der Waals surface area contributed by atoms with Gasteiger partial charge in [-0.3, -0.25) is 0 Å². The molecule has 0 unspecified atom stereocenters. The van der Waals surface area contributed by atoms with Crippen molar-refractivity contribution in [3.63, 3.8) is 0 Å². The second kappa shape index (κ2) is 6.71. The molecule has 1 rings (SSSR count). The maximum absolute atomic E-state index is 5.09. The van der Waals surface area contributed by atoms with Crippen LogP contribution in [-0.4, -0.2) is 7.11 Å². The van der Waals surface area contributed by atoms with E-state index in [1.165, 1.54) is 5.57 Å². The molecule has 0 aromatic carbocycles. The summed E-state index contributed by atoms with van der Waals surface area (Å²) >= 11 is 0. The second-order valence-corrected chi connectivity index (χ2v) is 2.34. The summed E-state index contributed by atoms with van der Waals surface area (Å²) in [5.41, 5.74) is 1.24. The Balaban J connectivity index is 0.000000561. The lowest BCUT2D eigenvalue weighted by molar-refractivity contribution is 0.305. The minimum Gasteiger partial charge on any atom is -0.497 e. The van der Waals surface area contributed by atoms with Crippen molar-refractivity contribution in [1.82, 2.24) is 0 Å². The summed E-state index contributed by atoms with van der Waals surface area (Å²) in [4.78, 5) is 0. The van der Waals surface area contributed by atoms with Gasteiger partial charge in [-0.1, -0.05) is 26.0 Å². The van der Waals surface area contributed by atoms with E-state index in [0.29, 0.717) is 0 Å². The predicted molar refractivity (Wildman–Crippen MR) is 54.0 cm³/mol. The number of ether oxygens (including phenoxy) is 1. The molecular weight excluding hydrogens is 148 g/mol. The maximum atomic E-state index is 5.09. The Kier molecular flexibility index (Phi) is 6.16. The van der Waals surface area contributed by atoms with Crippen molar-refractivity contribution in [2.75, 3.05) is 7.11 Å². The van der Waals surface area contributed by atoms with Crippen molar-refractivity contribution in [1.29, 1.82) is 0 Å². The zero-order chi connectivity index (χ0) is 9.40. The molecule has 0 saturated heterocycles. The van der Waals surface area contributed by atoms with E-state index in [2.05, 4.69) is 25.2 Å². The zero-order valence-electron chi connectivity index (χ0n) is 8.42. The molecule has 0 aromatic heterocycles. The van der Waals surface area contributed by atoms with E-state index in [0.717, 1.165) is 12.2 Å². The van der Waals surface area contributed by atoms with Gasteiger partial charge in [0, 0.05) is 0 Å². The molecular formula is C11H18O. The van der Waals surface area contributed by atoms with Gasteiger partial charge in [0.1, 0.15) is 5.76 Å². The van der Waals surface area contributed by atoms with E-state index in [9.17, 15) is 0 Å². The SMILES string of the molecule is CC.COC1=CCC=CC(C)=C1. The average Bonchev–Trinajstić information content (AvgIpc) is 2.33. The summed E-state index contributed by atoms with van der Waals surface area (Å²) in [6.07, 6.45) is 9.29. The van der Waals surface area contributed by atoms with Gasteiger partial charge >= 0.3 is 0 Å². The summed E-state index contributed by atoms with van der Waals surface area (Å²) in [5, 5.41) is 0. The highest BCUT2D eigenvalue weighted by Crippen LogP contribution is 2.10. The van der Waals surface area contributed by atoms with Crippen LogP contribution in [0.4, 0.5) is 0 Å². The van der Waals surface area contributed by atoms with Crippen LogP contribution in [-0.2, 0) is 4.74 Å². The Morgan fingerprint density at radius 2 is 2.00 bits per heavy atom. The molecule has 0 saturated carbocycles. The Bertz CT molecular complexity index is 197. The summed E-state index contributed by atoms with van der Waals surface area (Å²) in [5.74, 6) is 0.961. The molecule has 0 aliphatic heterocycles. The first-order valence-corrected chi connectivity index (χ1v) is 4.42. The van der Waals surface area contributed by atoms with E-state index in [1.807, 2.05) is 19.9 Å². The van der Waals surface area contributed by atoms with E-state index < -0.39 is 0 Å². The summed E-state index contributed by atoms with van der Waals surface area (Å²) in [6, 6.07) is 0. The summed E-state index contributed by atoms with van der Waals surface area (Å²) in [6.45, 7) is 6.06. The normalized spacial score (nSPS) is 15.0. The number of allylic oxidation sites excluding steroid dienone is 5. The van der Waals surface area contributed by atoms with Gasteiger partial charge in [-0.15, -0.1) is 0 Å². The van der Waals surface area contributed by atoms with Crippen LogP contribution in [0.3, 0.4) is 0 Å². The predicted octanol–water partition coefficient (Wildman–Crippen LogP) is 3.45. The molecule has 68 valence electrons. The molecule has 0 amide bonds. The van der Waals surface area contributed by atoms with Crippen molar-refractivity contribution in [3.05, 3.63) is 35.6 Å². The summed E-state index contributed by atoms with van der Waals surface area (Å²) < 4.78 is 5.09. The topological polar surface area (TPSA) is 9.23 Å². The van der Waals surface area contributed by atoms with E-state index in [4.69, 9.17) is 4.74 Å². The fourth-order valence-electron chi connectivity index (χ4n) is 0.912. The Morgan fingerprint density at radius 1 is 1.33 bits per heavy atom. The zero-order valence-corrected chi connectivity index (χ0v) is 8.42. The smallest absolute Gasteiger partial charge is 0.115 e. The third-order valence-electron chi connectivity index (χ3n) is 1.44. The van der Waals surface area contributed by atoms with Crippen molar-refractivity contribution >= 4 is 0 Å². The minimum atomic E-state index is 0.961. The van der Waals surface area contributed by atoms with Gasteiger partial charge in [-0.25, -0.2) is 0 Å². The molecule has 0 fully saturated rings. The maximum Gasteiger partial charge on any atom is 0.115 e. The monoisotopic (exact) mass is 166 g/mol. The van der Waals surface area contributed by atoms with Crippen molar-refractivity contribution in [3.8, 4) is 0 Å². The highest BCUT2D eigenvalue weighted by atomic mass is 16.5. The second-order valence-electron chi connectivity index (χ2n) is 2.34. The Morgan fingerprint density at radius 3 is 2.58 bits per heavy atom. The first kappa shape index (κ1) is 11.0. The molecule has 1 aliphatic rings. The van der Waals surface area contributed by atoms with Crippen LogP contribution < -0.4 is 0 Å². The van der Waals surface area contributed by atoms with Crippen LogP contribution in [0.5, 0.6) is 0 Å². The number of hydrogen-bond acceptors (Lipinski definition) is 1. The Hall–Kier alpha value is -0.980. The van der Waals surface area contributed by atoms with Crippen LogP contribution in [0, 0.1) is 0 Å². The Labute approximate surface area is 75.4 Å². The van der Waals surface area contributed by atoms with E-state index in [-0.39, 0.29) is 0 Å². The van der Waals surface area contributed by atoms with Gasteiger partial charge in [0.15, 0.2) is 0 Å². The van der Waals surface area contributed by atoms with Gasteiger partial charge in [-0.05, 0) is 31.1 Å². The van der Waals surface area contributed by atoms with Gasteiger partial charge < -0.3 is 4.74 Å². The molecule has 1 aliphatic carbocycles. The van der Waals surface area contributed by atoms with Crippen LogP contribution in [0.2, 0.25) is 0 Å². The summed E-state index contributed by atoms with van der Waals surface area (Å²) in [7, 11) is 1.70. The lowest BCUT2D eigenvalue weighted by atomic mass is 10.3. The quantitative estimate of drug-likeness (QED) is 0.579. The van der Waals surface area contributed by atoms with Crippen LogP contribution >= 0.6 is 0 Å².